The first-order valence-corrected chi connectivity index (χ1v) is 6.32. The van der Waals surface area contributed by atoms with Crippen molar-refractivity contribution in [2.75, 3.05) is 0 Å². The summed E-state index contributed by atoms with van der Waals surface area (Å²) in [6, 6.07) is 7.71. The van der Waals surface area contributed by atoms with E-state index in [1.54, 1.807) is 0 Å². The van der Waals surface area contributed by atoms with Gasteiger partial charge >= 0.3 is 39.9 Å². The molecule has 0 amide bonds. The van der Waals surface area contributed by atoms with Gasteiger partial charge in [0.2, 0.25) is 0 Å². The van der Waals surface area contributed by atoms with Crippen LogP contribution in [0.3, 0.4) is 0 Å². The fraction of sp³-hybridized carbons (Fsp3) is 0.400. The SMILES string of the molecule is NS(=O)(=O)OC1CCCc2ccccc21.[NaH]. The first-order chi connectivity index (χ1) is 7.06. The van der Waals surface area contributed by atoms with Crippen molar-refractivity contribution >= 4 is 39.9 Å². The van der Waals surface area contributed by atoms with Crippen molar-refractivity contribution in [2.45, 2.75) is 25.4 Å². The van der Waals surface area contributed by atoms with E-state index in [1.165, 1.54) is 0 Å². The maximum absolute atomic E-state index is 10.9. The van der Waals surface area contributed by atoms with E-state index in [0.717, 1.165) is 24.0 Å². The van der Waals surface area contributed by atoms with Crippen LogP contribution in [0.1, 0.15) is 30.1 Å². The molecule has 0 fully saturated rings. The second-order valence-electron chi connectivity index (χ2n) is 3.67. The van der Waals surface area contributed by atoms with Crippen LogP contribution in [-0.2, 0) is 20.9 Å². The van der Waals surface area contributed by atoms with Crippen LogP contribution in [-0.4, -0.2) is 38.0 Å². The van der Waals surface area contributed by atoms with Crippen LogP contribution in [0.15, 0.2) is 24.3 Å². The van der Waals surface area contributed by atoms with Gasteiger partial charge in [-0.1, -0.05) is 24.3 Å². The van der Waals surface area contributed by atoms with E-state index in [9.17, 15) is 8.42 Å². The van der Waals surface area contributed by atoms with Crippen molar-refractivity contribution in [3.05, 3.63) is 35.4 Å². The van der Waals surface area contributed by atoms with Gasteiger partial charge in [-0.15, -0.1) is 0 Å². The zero-order chi connectivity index (χ0) is 10.9. The average molecular weight is 251 g/mol. The van der Waals surface area contributed by atoms with Crippen molar-refractivity contribution in [3.63, 3.8) is 0 Å². The van der Waals surface area contributed by atoms with Gasteiger partial charge in [0.1, 0.15) is 6.10 Å². The predicted molar refractivity (Wildman–Crippen MR) is 63.5 cm³/mol. The summed E-state index contributed by atoms with van der Waals surface area (Å²) in [7, 11) is -3.87. The third kappa shape index (κ3) is 3.55. The molecule has 1 atom stereocenters. The van der Waals surface area contributed by atoms with E-state index >= 15 is 0 Å². The van der Waals surface area contributed by atoms with Crippen LogP contribution >= 0.6 is 0 Å². The molecule has 0 spiro atoms. The number of nitrogens with two attached hydrogens (primary N) is 1. The van der Waals surface area contributed by atoms with Gasteiger partial charge < -0.3 is 0 Å². The zero-order valence-electron chi connectivity index (χ0n) is 8.22. The van der Waals surface area contributed by atoms with Gasteiger partial charge in [-0.05, 0) is 30.4 Å². The molecule has 0 radical (unpaired) electrons. The van der Waals surface area contributed by atoms with E-state index in [4.69, 9.17) is 9.32 Å². The Balaban J connectivity index is 0.00000128. The molecular weight excluding hydrogens is 237 g/mol. The van der Waals surface area contributed by atoms with Crippen molar-refractivity contribution in [1.29, 1.82) is 0 Å². The second-order valence-corrected chi connectivity index (χ2v) is 4.85. The normalized spacial score (nSPS) is 19.7. The molecule has 4 nitrogen and oxygen atoms in total. The van der Waals surface area contributed by atoms with Crippen molar-refractivity contribution in [3.8, 4) is 0 Å². The van der Waals surface area contributed by atoms with Gasteiger partial charge in [0, 0.05) is 0 Å². The summed E-state index contributed by atoms with van der Waals surface area (Å²) in [5.41, 5.74) is 2.09. The second kappa shape index (κ2) is 5.62. The third-order valence-electron chi connectivity index (χ3n) is 2.56. The molecule has 0 saturated carbocycles. The Kier molecular flexibility index (Phi) is 4.97. The Morgan fingerprint density at radius 2 is 2.00 bits per heavy atom. The summed E-state index contributed by atoms with van der Waals surface area (Å²) < 4.78 is 26.6. The molecule has 6 heteroatoms. The van der Waals surface area contributed by atoms with Crippen molar-refractivity contribution in [2.24, 2.45) is 5.14 Å². The molecule has 1 aliphatic carbocycles. The first kappa shape index (κ1) is 14.2. The van der Waals surface area contributed by atoms with Gasteiger partial charge in [-0.3, -0.25) is 4.18 Å². The third-order valence-corrected chi connectivity index (χ3v) is 3.07. The van der Waals surface area contributed by atoms with E-state index in [-0.39, 0.29) is 29.6 Å². The maximum atomic E-state index is 10.9. The van der Waals surface area contributed by atoms with Gasteiger partial charge in [0.15, 0.2) is 0 Å². The van der Waals surface area contributed by atoms with Crippen LogP contribution in [0, 0.1) is 0 Å². The molecule has 16 heavy (non-hydrogen) atoms. The summed E-state index contributed by atoms with van der Waals surface area (Å²) in [6.07, 6.45) is 2.19. The molecule has 0 heterocycles. The average Bonchev–Trinajstić information content (AvgIpc) is 2.16. The minimum absolute atomic E-state index is 0. The summed E-state index contributed by atoms with van der Waals surface area (Å²) in [5, 5.41) is 4.87. The van der Waals surface area contributed by atoms with E-state index < -0.39 is 16.4 Å². The molecule has 0 saturated heterocycles. The Morgan fingerprint density at radius 3 is 2.69 bits per heavy atom. The Hall–Kier alpha value is 0.0900. The van der Waals surface area contributed by atoms with Gasteiger partial charge in [-0.2, -0.15) is 8.42 Å². The first-order valence-electron chi connectivity index (χ1n) is 4.85. The van der Waals surface area contributed by atoms with E-state index in [2.05, 4.69) is 0 Å². The van der Waals surface area contributed by atoms with Crippen LogP contribution in [0.5, 0.6) is 0 Å². The van der Waals surface area contributed by atoms with Crippen molar-refractivity contribution in [1.82, 2.24) is 0 Å². The Morgan fingerprint density at radius 1 is 1.31 bits per heavy atom. The predicted octanol–water partition coefficient (Wildman–Crippen LogP) is 0.636. The molecule has 2 rings (SSSR count). The van der Waals surface area contributed by atoms with E-state index in [0.29, 0.717) is 6.42 Å². The molecule has 84 valence electrons. The summed E-state index contributed by atoms with van der Waals surface area (Å²) in [5.74, 6) is 0. The van der Waals surface area contributed by atoms with Crippen LogP contribution in [0.4, 0.5) is 0 Å². The van der Waals surface area contributed by atoms with Crippen molar-refractivity contribution < 1.29 is 12.6 Å². The molecule has 0 aromatic heterocycles. The number of hydrogen-bond acceptors (Lipinski definition) is 3. The summed E-state index contributed by atoms with van der Waals surface area (Å²) in [4.78, 5) is 0. The number of benzene rings is 1. The van der Waals surface area contributed by atoms with Crippen LogP contribution in [0.2, 0.25) is 0 Å². The molecule has 1 aromatic carbocycles. The molecule has 1 unspecified atom stereocenters. The van der Waals surface area contributed by atoms with Gasteiger partial charge in [-0.25, -0.2) is 5.14 Å². The van der Waals surface area contributed by atoms with E-state index in [1.807, 2.05) is 24.3 Å². The monoisotopic (exact) mass is 251 g/mol. The number of fused-ring (bicyclic) bond motifs is 1. The van der Waals surface area contributed by atoms with Crippen LogP contribution in [0.25, 0.3) is 0 Å². The molecule has 1 aromatic rings. The Bertz CT molecular complexity index is 461. The molecule has 2 N–H and O–H groups in total. The minimum atomic E-state index is -3.87. The standard InChI is InChI=1S/C10H13NO3S.Na.H/c11-15(12,13)14-10-7-3-5-8-4-1-2-6-9(8)10;;/h1-2,4,6,10H,3,5,7H2,(H2,11,12,13);;. The Labute approximate surface area is 118 Å². The number of hydrogen-bond donors (Lipinski definition) is 1. The summed E-state index contributed by atoms with van der Waals surface area (Å²) in [6.45, 7) is 0. The topological polar surface area (TPSA) is 69.4 Å². The summed E-state index contributed by atoms with van der Waals surface area (Å²) >= 11 is 0. The fourth-order valence-electron chi connectivity index (χ4n) is 1.97. The number of rotatable bonds is 2. The molecule has 0 bridgehead atoms. The quantitative estimate of drug-likeness (QED) is 0.784. The zero-order valence-corrected chi connectivity index (χ0v) is 9.03. The molecule has 0 aliphatic heterocycles. The fourth-order valence-corrected chi connectivity index (χ4v) is 2.49. The number of aryl methyl sites for hydroxylation is 1. The van der Waals surface area contributed by atoms with Gasteiger partial charge in [0.25, 0.3) is 0 Å². The molecule has 1 aliphatic rings. The van der Waals surface area contributed by atoms with Crippen LogP contribution < -0.4 is 5.14 Å². The van der Waals surface area contributed by atoms with Gasteiger partial charge in [0.05, 0.1) is 0 Å². The molecular formula is C10H14NNaO3S.